The summed E-state index contributed by atoms with van der Waals surface area (Å²) in [7, 11) is 1.57. The van der Waals surface area contributed by atoms with E-state index in [1.54, 1.807) is 31.4 Å². The lowest BCUT2D eigenvalue weighted by Gasteiger charge is -2.30. The number of hydrogen-bond donors (Lipinski definition) is 0. The van der Waals surface area contributed by atoms with Gasteiger partial charge in [-0.25, -0.2) is 0 Å². The summed E-state index contributed by atoms with van der Waals surface area (Å²) < 4.78 is 15.7. The first-order valence-corrected chi connectivity index (χ1v) is 9.06. The fourth-order valence-corrected chi connectivity index (χ4v) is 3.23. The Hall–Kier alpha value is -2.51. The number of anilines is 1. The molecule has 2 aromatic carbocycles. The minimum atomic E-state index is -0.716. The van der Waals surface area contributed by atoms with Gasteiger partial charge in [-0.2, -0.15) is 0 Å². The highest BCUT2D eigenvalue weighted by molar-refractivity contribution is 6.15. The third-order valence-corrected chi connectivity index (χ3v) is 4.65. The summed E-state index contributed by atoms with van der Waals surface area (Å²) in [5.41, 5.74) is -0.805. The number of rotatable bonds is 9. The molecule has 3 rings (SSSR count). The van der Waals surface area contributed by atoms with E-state index in [-0.39, 0.29) is 23.6 Å². The van der Waals surface area contributed by atoms with E-state index >= 15 is 0 Å². The zero-order valence-electron chi connectivity index (χ0n) is 15.4. The van der Waals surface area contributed by atoms with Crippen LogP contribution in [0.3, 0.4) is 0 Å². The van der Waals surface area contributed by atoms with Gasteiger partial charge >= 0.3 is 0 Å². The highest BCUT2D eigenvalue weighted by Crippen LogP contribution is 2.26. The van der Waals surface area contributed by atoms with Crippen LogP contribution in [0.5, 0.6) is 5.75 Å². The van der Waals surface area contributed by atoms with Crippen LogP contribution in [-0.4, -0.2) is 46.0 Å². The molecule has 0 aromatic heterocycles. The molecule has 0 amide bonds. The standard InChI is InChI=1S/C20H23NO6/c1-25-11-12-26-13-27-15-8-4-3-7-14(15)18(22)16-17(20(24)19(16)23)21-9-5-2-6-10-21/h3-4,7-8H,2,5-6,9-13H2,1H3. The van der Waals surface area contributed by atoms with Crippen LogP contribution in [0, 0.1) is 0 Å². The van der Waals surface area contributed by atoms with Crippen LogP contribution in [0.1, 0.15) is 35.2 Å². The lowest BCUT2D eigenvalue weighted by atomic mass is 9.95. The number of piperidine rings is 1. The van der Waals surface area contributed by atoms with E-state index in [0.717, 1.165) is 19.3 Å². The first-order chi connectivity index (χ1) is 13.1. The molecule has 0 saturated carbocycles. The predicted octanol–water partition coefficient (Wildman–Crippen LogP) is 1.50. The molecule has 1 aliphatic heterocycles. The molecule has 0 atom stereocenters. The van der Waals surface area contributed by atoms with Gasteiger partial charge in [-0.15, -0.1) is 0 Å². The summed E-state index contributed by atoms with van der Waals surface area (Å²) >= 11 is 0. The number of benzene rings is 1. The van der Waals surface area contributed by atoms with Gasteiger partial charge in [0.05, 0.1) is 18.8 Å². The van der Waals surface area contributed by atoms with Crippen molar-refractivity contribution in [3.05, 3.63) is 55.8 Å². The van der Waals surface area contributed by atoms with Crippen LogP contribution < -0.4 is 20.5 Å². The summed E-state index contributed by atoms with van der Waals surface area (Å²) in [6, 6.07) is 6.65. The Kier molecular flexibility index (Phi) is 6.36. The van der Waals surface area contributed by atoms with E-state index in [1.165, 1.54) is 0 Å². The molecule has 144 valence electrons. The molecule has 1 saturated heterocycles. The molecule has 1 fully saturated rings. The van der Waals surface area contributed by atoms with Crippen LogP contribution in [0.4, 0.5) is 5.69 Å². The number of nitrogens with zero attached hydrogens (tertiary/aromatic N) is 1. The molecule has 2 aromatic rings. The number of hydrogen-bond acceptors (Lipinski definition) is 7. The molecule has 27 heavy (non-hydrogen) atoms. The SMILES string of the molecule is COCCOCOc1ccccc1C(=O)c1c(N2CCCCC2)c(=O)c1=O. The van der Waals surface area contributed by atoms with Gasteiger partial charge in [0.25, 0.3) is 5.43 Å². The predicted molar refractivity (Wildman–Crippen MR) is 101 cm³/mol. The topological polar surface area (TPSA) is 82.1 Å². The quantitative estimate of drug-likeness (QED) is 0.285. The Morgan fingerprint density at radius 1 is 1.04 bits per heavy atom. The number of methoxy groups -OCH3 is 1. The largest absolute Gasteiger partial charge is 0.467 e. The fraction of sp³-hybridized carbons (Fsp3) is 0.450. The average Bonchev–Trinajstić information content (AvgIpc) is 2.71. The molecular formula is C20H23NO6. The number of para-hydroxylation sites is 1. The van der Waals surface area contributed by atoms with E-state index in [0.29, 0.717) is 32.1 Å². The van der Waals surface area contributed by atoms with Crippen LogP contribution in [0.25, 0.3) is 0 Å². The van der Waals surface area contributed by atoms with Gasteiger partial charge in [-0.3, -0.25) is 14.4 Å². The number of ether oxygens (including phenoxy) is 3. The van der Waals surface area contributed by atoms with Gasteiger partial charge in [0.15, 0.2) is 6.79 Å². The van der Waals surface area contributed by atoms with Crippen LogP contribution >= 0.6 is 0 Å². The zero-order chi connectivity index (χ0) is 19.2. The first kappa shape index (κ1) is 19.3. The summed E-state index contributed by atoms with van der Waals surface area (Å²) in [5, 5.41) is 0. The molecule has 0 spiro atoms. The Labute approximate surface area is 157 Å². The van der Waals surface area contributed by atoms with E-state index in [2.05, 4.69) is 0 Å². The second kappa shape index (κ2) is 8.92. The highest BCUT2D eigenvalue weighted by Gasteiger charge is 2.32. The Balaban J connectivity index is 1.80. The smallest absolute Gasteiger partial charge is 0.250 e. The van der Waals surface area contributed by atoms with Crippen molar-refractivity contribution in [3.63, 3.8) is 0 Å². The van der Waals surface area contributed by atoms with Crippen molar-refractivity contribution >= 4 is 11.5 Å². The van der Waals surface area contributed by atoms with E-state index < -0.39 is 16.6 Å². The Bertz CT molecular complexity index is 862. The minimum Gasteiger partial charge on any atom is -0.467 e. The van der Waals surface area contributed by atoms with Crippen molar-refractivity contribution in [2.45, 2.75) is 19.3 Å². The average molecular weight is 373 g/mol. The van der Waals surface area contributed by atoms with Gasteiger partial charge in [0.2, 0.25) is 11.2 Å². The second-order valence-electron chi connectivity index (χ2n) is 6.42. The molecule has 0 N–H and O–H groups in total. The maximum atomic E-state index is 13.0. The zero-order valence-corrected chi connectivity index (χ0v) is 15.4. The van der Waals surface area contributed by atoms with E-state index in [1.807, 2.05) is 4.90 Å². The third kappa shape index (κ3) is 4.09. The van der Waals surface area contributed by atoms with Gasteiger partial charge in [0.1, 0.15) is 17.0 Å². The number of carbonyl (C=O) groups is 1. The van der Waals surface area contributed by atoms with Gasteiger partial charge in [-0.05, 0) is 31.4 Å². The molecule has 0 radical (unpaired) electrons. The summed E-state index contributed by atoms with van der Waals surface area (Å²) in [4.78, 5) is 39.1. The lowest BCUT2D eigenvalue weighted by molar-refractivity contribution is -0.00871. The molecule has 7 nitrogen and oxygen atoms in total. The van der Waals surface area contributed by atoms with Gasteiger partial charge in [0, 0.05) is 20.2 Å². The minimum absolute atomic E-state index is 0.0294. The van der Waals surface area contributed by atoms with E-state index in [9.17, 15) is 14.4 Å². The van der Waals surface area contributed by atoms with Gasteiger partial charge < -0.3 is 19.1 Å². The molecule has 0 aliphatic carbocycles. The Morgan fingerprint density at radius 3 is 2.52 bits per heavy atom. The summed E-state index contributed by atoms with van der Waals surface area (Å²) in [6.45, 7) is 2.14. The lowest BCUT2D eigenvalue weighted by Crippen LogP contribution is -2.47. The van der Waals surface area contributed by atoms with Crippen molar-refractivity contribution in [1.29, 1.82) is 0 Å². The monoisotopic (exact) mass is 373 g/mol. The third-order valence-electron chi connectivity index (χ3n) is 4.65. The summed E-state index contributed by atoms with van der Waals surface area (Å²) in [5.74, 6) is -0.162. The van der Waals surface area contributed by atoms with Crippen LogP contribution in [0.15, 0.2) is 33.9 Å². The van der Waals surface area contributed by atoms with Crippen LogP contribution in [-0.2, 0) is 9.47 Å². The van der Waals surface area contributed by atoms with Crippen molar-refractivity contribution in [2.24, 2.45) is 0 Å². The van der Waals surface area contributed by atoms with Crippen molar-refractivity contribution in [2.75, 3.05) is 45.1 Å². The molecule has 0 unspecified atom stereocenters. The number of carbonyl (C=O) groups excluding carboxylic acids is 1. The maximum absolute atomic E-state index is 13.0. The molecular weight excluding hydrogens is 350 g/mol. The van der Waals surface area contributed by atoms with Gasteiger partial charge in [-0.1, -0.05) is 12.1 Å². The molecule has 7 heteroatoms. The normalized spacial score (nSPS) is 14.5. The molecule has 1 aliphatic rings. The Morgan fingerprint density at radius 2 is 1.78 bits per heavy atom. The summed E-state index contributed by atoms with van der Waals surface area (Å²) in [6.07, 6.45) is 2.99. The van der Waals surface area contributed by atoms with Crippen molar-refractivity contribution in [3.8, 4) is 5.75 Å². The highest BCUT2D eigenvalue weighted by atomic mass is 16.7. The van der Waals surface area contributed by atoms with E-state index in [4.69, 9.17) is 14.2 Å². The number of ketones is 1. The van der Waals surface area contributed by atoms with Crippen molar-refractivity contribution in [1.82, 2.24) is 0 Å². The second-order valence-corrected chi connectivity index (χ2v) is 6.42. The van der Waals surface area contributed by atoms with Crippen LogP contribution in [0.2, 0.25) is 0 Å². The first-order valence-electron chi connectivity index (χ1n) is 9.06. The fourth-order valence-electron chi connectivity index (χ4n) is 3.23. The molecule has 1 heterocycles. The molecule has 0 bridgehead atoms. The van der Waals surface area contributed by atoms with Crippen molar-refractivity contribution < 1.29 is 19.0 Å². The maximum Gasteiger partial charge on any atom is 0.250 e.